The summed E-state index contributed by atoms with van der Waals surface area (Å²) in [6, 6.07) is 0. The Morgan fingerprint density at radius 2 is 1.85 bits per heavy atom. The summed E-state index contributed by atoms with van der Waals surface area (Å²) in [5, 5.41) is 9.50. The Bertz CT molecular complexity index is 380. The number of aromatic nitrogens is 2. The largest absolute Gasteiger partial charge is 0.481 e. The molecule has 0 saturated heterocycles. The molecular weight excluding hydrogens is 272 g/mol. The van der Waals surface area contributed by atoms with Crippen LogP contribution in [0, 0.1) is 0 Å². The number of rotatable bonds is 12. The van der Waals surface area contributed by atoms with Crippen LogP contribution in [-0.2, 0) is 11.3 Å². The van der Waals surface area contributed by atoms with Gasteiger partial charge < -0.3 is 9.67 Å². The van der Waals surface area contributed by atoms with Gasteiger partial charge in [0.05, 0.1) is 5.75 Å². The zero-order chi connectivity index (χ0) is 14.6. The molecule has 0 unspecified atom stereocenters. The van der Waals surface area contributed by atoms with Crippen LogP contribution in [0.4, 0.5) is 0 Å². The monoisotopic (exact) mass is 298 g/mol. The fourth-order valence-corrected chi connectivity index (χ4v) is 2.85. The minimum atomic E-state index is -0.795. The zero-order valence-electron chi connectivity index (χ0n) is 12.4. The number of carboxylic acids is 1. The van der Waals surface area contributed by atoms with E-state index in [0.717, 1.165) is 18.1 Å². The van der Waals surface area contributed by atoms with Crippen LogP contribution in [-0.4, -0.2) is 26.4 Å². The number of hydrogen-bond donors (Lipinski definition) is 1. The Labute approximate surface area is 126 Å². The van der Waals surface area contributed by atoms with Gasteiger partial charge in [-0.05, 0) is 6.42 Å². The van der Waals surface area contributed by atoms with Crippen molar-refractivity contribution in [3.8, 4) is 0 Å². The first kappa shape index (κ1) is 17.1. The molecular formula is C15H26N2O2S. The standard InChI is InChI=1S/C15H26N2O2S/c1-2-3-4-5-6-7-8-9-11-17-12-10-16-15(17)20-13-14(18)19/h10,12H,2-9,11,13H2,1H3,(H,18,19). The van der Waals surface area contributed by atoms with E-state index in [0.29, 0.717) is 0 Å². The summed E-state index contributed by atoms with van der Waals surface area (Å²) in [4.78, 5) is 14.8. The topological polar surface area (TPSA) is 55.1 Å². The molecule has 20 heavy (non-hydrogen) atoms. The van der Waals surface area contributed by atoms with Gasteiger partial charge >= 0.3 is 5.97 Å². The van der Waals surface area contributed by atoms with Gasteiger partial charge in [-0.15, -0.1) is 0 Å². The molecule has 1 N–H and O–H groups in total. The third-order valence-electron chi connectivity index (χ3n) is 3.25. The number of aliphatic carboxylic acids is 1. The molecule has 5 heteroatoms. The van der Waals surface area contributed by atoms with Crippen LogP contribution in [0.25, 0.3) is 0 Å². The van der Waals surface area contributed by atoms with E-state index < -0.39 is 5.97 Å². The van der Waals surface area contributed by atoms with Crippen molar-refractivity contribution in [2.24, 2.45) is 0 Å². The van der Waals surface area contributed by atoms with Crippen LogP contribution in [0.15, 0.2) is 17.6 Å². The second kappa shape index (κ2) is 10.8. The van der Waals surface area contributed by atoms with Gasteiger partial charge in [-0.2, -0.15) is 0 Å². The number of unbranched alkanes of at least 4 members (excludes halogenated alkanes) is 7. The lowest BCUT2D eigenvalue weighted by molar-refractivity contribution is -0.133. The maximum atomic E-state index is 10.6. The molecule has 0 fully saturated rings. The lowest BCUT2D eigenvalue weighted by Gasteiger charge is -2.06. The average molecular weight is 298 g/mol. The predicted octanol–water partition coefficient (Wildman–Crippen LogP) is 4.20. The molecule has 0 bridgehead atoms. The van der Waals surface area contributed by atoms with Gasteiger partial charge in [0, 0.05) is 18.9 Å². The van der Waals surface area contributed by atoms with Gasteiger partial charge in [-0.25, -0.2) is 4.98 Å². The lowest BCUT2D eigenvalue weighted by Crippen LogP contribution is -2.03. The number of carboxylic acid groups (broad SMARTS) is 1. The Balaban J connectivity index is 2.09. The molecule has 0 aliphatic heterocycles. The number of imidazole rings is 1. The molecule has 0 radical (unpaired) electrons. The van der Waals surface area contributed by atoms with E-state index in [9.17, 15) is 4.79 Å². The third-order valence-corrected chi connectivity index (χ3v) is 4.24. The predicted molar refractivity (Wildman–Crippen MR) is 83.2 cm³/mol. The third kappa shape index (κ3) is 7.58. The molecule has 0 saturated carbocycles. The van der Waals surface area contributed by atoms with Crippen LogP contribution < -0.4 is 0 Å². The van der Waals surface area contributed by atoms with Crippen molar-refractivity contribution >= 4 is 17.7 Å². The van der Waals surface area contributed by atoms with Crippen LogP contribution in [0.2, 0.25) is 0 Å². The van der Waals surface area contributed by atoms with E-state index in [2.05, 4.69) is 16.5 Å². The minimum Gasteiger partial charge on any atom is -0.481 e. The summed E-state index contributed by atoms with van der Waals surface area (Å²) in [6.07, 6.45) is 14.1. The maximum Gasteiger partial charge on any atom is 0.313 e. The van der Waals surface area contributed by atoms with E-state index >= 15 is 0 Å². The van der Waals surface area contributed by atoms with Gasteiger partial charge in [0.2, 0.25) is 0 Å². The summed E-state index contributed by atoms with van der Waals surface area (Å²) < 4.78 is 2.06. The molecule has 0 spiro atoms. The highest BCUT2D eigenvalue weighted by molar-refractivity contribution is 7.99. The lowest BCUT2D eigenvalue weighted by atomic mass is 10.1. The quantitative estimate of drug-likeness (QED) is 0.464. The smallest absolute Gasteiger partial charge is 0.313 e. The van der Waals surface area contributed by atoms with Gasteiger partial charge in [-0.3, -0.25) is 4.79 Å². The van der Waals surface area contributed by atoms with Crippen molar-refractivity contribution in [3.63, 3.8) is 0 Å². The Kier molecular flexibility index (Phi) is 9.20. The van der Waals surface area contributed by atoms with E-state index in [4.69, 9.17) is 5.11 Å². The van der Waals surface area contributed by atoms with E-state index in [1.165, 1.54) is 56.7 Å². The minimum absolute atomic E-state index is 0.0778. The number of aryl methyl sites for hydroxylation is 1. The van der Waals surface area contributed by atoms with Crippen LogP contribution in [0.5, 0.6) is 0 Å². The highest BCUT2D eigenvalue weighted by Crippen LogP contribution is 2.16. The van der Waals surface area contributed by atoms with E-state index in [1.807, 2.05) is 6.20 Å². The Hall–Kier alpha value is -0.970. The Morgan fingerprint density at radius 3 is 2.50 bits per heavy atom. The van der Waals surface area contributed by atoms with Crippen molar-refractivity contribution < 1.29 is 9.90 Å². The summed E-state index contributed by atoms with van der Waals surface area (Å²) in [6.45, 7) is 3.18. The second-order valence-corrected chi connectivity index (χ2v) is 6.00. The molecule has 1 rings (SSSR count). The summed E-state index contributed by atoms with van der Waals surface area (Å²) >= 11 is 1.29. The number of hydrogen-bond acceptors (Lipinski definition) is 3. The molecule has 1 aromatic rings. The SMILES string of the molecule is CCCCCCCCCCn1ccnc1SCC(=O)O. The fourth-order valence-electron chi connectivity index (χ4n) is 2.15. The Morgan fingerprint density at radius 1 is 1.20 bits per heavy atom. The molecule has 0 amide bonds. The van der Waals surface area contributed by atoms with E-state index in [1.54, 1.807) is 6.20 Å². The normalized spacial score (nSPS) is 10.8. The molecule has 0 aliphatic carbocycles. The molecule has 1 aromatic heterocycles. The fraction of sp³-hybridized carbons (Fsp3) is 0.733. The molecule has 0 aromatic carbocycles. The van der Waals surface area contributed by atoms with Crippen molar-refractivity contribution in [1.82, 2.24) is 9.55 Å². The molecule has 4 nitrogen and oxygen atoms in total. The second-order valence-electron chi connectivity index (χ2n) is 5.06. The average Bonchev–Trinajstić information content (AvgIpc) is 2.87. The first-order valence-corrected chi connectivity index (χ1v) is 8.58. The molecule has 1 heterocycles. The first-order valence-electron chi connectivity index (χ1n) is 7.59. The molecule has 114 valence electrons. The van der Waals surface area contributed by atoms with Crippen LogP contribution >= 0.6 is 11.8 Å². The molecule has 0 aliphatic rings. The number of carbonyl (C=O) groups is 1. The molecule has 0 atom stereocenters. The van der Waals surface area contributed by atoms with Gasteiger partial charge in [-0.1, -0.05) is 63.6 Å². The van der Waals surface area contributed by atoms with Crippen molar-refractivity contribution in [2.45, 2.75) is 70.0 Å². The zero-order valence-corrected chi connectivity index (χ0v) is 13.2. The van der Waals surface area contributed by atoms with Crippen molar-refractivity contribution in [1.29, 1.82) is 0 Å². The van der Waals surface area contributed by atoms with Gasteiger partial charge in [0.25, 0.3) is 0 Å². The first-order chi connectivity index (χ1) is 9.74. The van der Waals surface area contributed by atoms with Gasteiger partial charge in [0.1, 0.15) is 0 Å². The van der Waals surface area contributed by atoms with Crippen LogP contribution in [0.1, 0.15) is 58.3 Å². The number of nitrogens with zero attached hydrogens (tertiary/aromatic N) is 2. The van der Waals surface area contributed by atoms with Gasteiger partial charge in [0.15, 0.2) is 5.16 Å². The number of thioether (sulfide) groups is 1. The highest BCUT2D eigenvalue weighted by atomic mass is 32.2. The maximum absolute atomic E-state index is 10.6. The summed E-state index contributed by atoms with van der Waals surface area (Å²) in [5.74, 6) is -0.717. The summed E-state index contributed by atoms with van der Waals surface area (Å²) in [5.41, 5.74) is 0. The van der Waals surface area contributed by atoms with Crippen LogP contribution in [0.3, 0.4) is 0 Å². The van der Waals surface area contributed by atoms with Crippen molar-refractivity contribution in [2.75, 3.05) is 5.75 Å². The van der Waals surface area contributed by atoms with E-state index in [-0.39, 0.29) is 5.75 Å². The summed E-state index contributed by atoms with van der Waals surface area (Å²) in [7, 11) is 0. The highest BCUT2D eigenvalue weighted by Gasteiger charge is 2.05. The van der Waals surface area contributed by atoms with Crippen molar-refractivity contribution in [3.05, 3.63) is 12.4 Å².